The molecule has 1 aromatic heterocycles. The second kappa shape index (κ2) is 4.45. The molecule has 1 fully saturated rings. The molecule has 1 heterocycles. The van der Waals surface area contributed by atoms with Crippen molar-refractivity contribution in [3.05, 3.63) is 22.4 Å². The van der Waals surface area contributed by atoms with Crippen LogP contribution in [-0.2, 0) is 6.42 Å². The van der Waals surface area contributed by atoms with Gasteiger partial charge in [-0.25, -0.2) is 0 Å². The summed E-state index contributed by atoms with van der Waals surface area (Å²) in [6.45, 7) is 3.45. The van der Waals surface area contributed by atoms with Crippen molar-refractivity contribution in [2.75, 3.05) is 6.54 Å². The molecule has 0 radical (unpaired) electrons. The molecule has 1 saturated carbocycles. The summed E-state index contributed by atoms with van der Waals surface area (Å²) in [6, 6.07) is 4.37. The van der Waals surface area contributed by atoms with Gasteiger partial charge in [-0.3, -0.25) is 0 Å². The molecular formula is C12H19NS. The number of hydrogen-bond donors (Lipinski definition) is 1. The summed E-state index contributed by atoms with van der Waals surface area (Å²) in [4.78, 5) is 1.50. The van der Waals surface area contributed by atoms with Gasteiger partial charge in [-0.15, -0.1) is 11.3 Å². The van der Waals surface area contributed by atoms with E-state index in [4.69, 9.17) is 0 Å². The van der Waals surface area contributed by atoms with Crippen LogP contribution < -0.4 is 5.32 Å². The summed E-state index contributed by atoms with van der Waals surface area (Å²) in [7, 11) is 0. The van der Waals surface area contributed by atoms with E-state index in [2.05, 4.69) is 29.8 Å². The highest BCUT2D eigenvalue weighted by Gasteiger charge is 2.33. The fraction of sp³-hybridized carbons (Fsp3) is 0.667. The van der Waals surface area contributed by atoms with Crippen molar-refractivity contribution in [1.29, 1.82) is 0 Å². The first-order chi connectivity index (χ1) is 6.85. The summed E-state index contributed by atoms with van der Waals surface area (Å²) in [6.07, 6.45) is 6.67. The summed E-state index contributed by atoms with van der Waals surface area (Å²) >= 11 is 1.87. The summed E-state index contributed by atoms with van der Waals surface area (Å²) < 4.78 is 0. The topological polar surface area (TPSA) is 12.0 Å². The fourth-order valence-corrected chi connectivity index (χ4v) is 2.87. The van der Waals surface area contributed by atoms with E-state index in [0.29, 0.717) is 5.54 Å². The molecule has 0 atom stereocenters. The third-order valence-corrected chi connectivity index (χ3v) is 4.38. The maximum absolute atomic E-state index is 3.73. The van der Waals surface area contributed by atoms with Gasteiger partial charge in [0, 0.05) is 17.0 Å². The Kier molecular flexibility index (Phi) is 3.24. The maximum Gasteiger partial charge on any atom is 0.0179 e. The first-order valence-electron chi connectivity index (χ1n) is 5.62. The van der Waals surface area contributed by atoms with Crippen LogP contribution in [-0.4, -0.2) is 12.1 Å². The van der Waals surface area contributed by atoms with Crippen molar-refractivity contribution in [3.8, 4) is 0 Å². The lowest BCUT2D eigenvalue weighted by Crippen LogP contribution is -2.50. The van der Waals surface area contributed by atoms with Gasteiger partial charge in [-0.1, -0.05) is 13.0 Å². The molecule has 1 aliphatic rings. The van der Waals surface area contributed by atoms with Crippen LogP contribution in [0.4, 0.5) is 0 Å². The Morgan fingerprint density at radius 1 is 1.50 bits per heavy atom. The van der Waals surface area contributed by atoms with Crippen LogP contribution in [0, 0.1) is 0 Å². The molecule has 78 valence electrons. The lowest BCUT2D eigenvalue weighted by atomic mass is 9.75. The Bertz CT molecular complexity index is 256. The molecule has 0 amide bonds. The number of rotatable bonds is 5. The van der Waals surface area contributed by atoms with Crippen LogP contribution in [0.5, 0.6) is 0 Å². The predicted octanol–water partition coefficient (Wildman–Crippen LogP) is 3.21. The standard InChI is InChI=1S/C12H19NS/c1-2-12(7-4-8-12)13-9-6-11-5-3-10-14-11/h3,5,10,13H,2,4,6-9H2,1H3. The second-order valence-corrected chi connectivity index (χ2v) is 5.28. The smallest absolute Gasteiger partial charge is 0.0179 e. The van der Waals surface area contributed by atoms with Gasteiger partial charge in [-0.2, -0.15) is 0 Å². The molecule has 2 rings (SSSR count). The molecule has 0 spiro atoms. The largest absolute Gasteiger partial charge is 0.311 e. The Morgan fingerprint density at radius 2 is 2.36 bits per heavy atom. The molecule has 1 N–H and O–H groups in total. The minimum atomic E-state index is 0.511. The van der Waals surface area contributed by atoms with Crippen molar-refractivity contribution in [2.24, 2.45) is 0 Å². The summed E-state index contributed by atoms with van der Waals surface area (Å²) in [5, 5.41) is 5.89. The quantitative estimate of drug-likeness (QED) is 0.785. The highest BCUT2D eigenvalue weighted by atomic mass is 32.1. The van der Waals surface area contributed by atoms with Crippen LogP contribution >= 0.6 is 11.3 Å². The minimum Gasteiger partial charge on any atom is -0.311 e. The Morgan fingerprint density at radius 3 is 2.86 bits per heavy atom. The van der Waals surface area contributed by atoms with E-state index in [9.17, 15) is 0 Å². The van der Waals surface area contributed by atoms with E-state index in [1.54, 1.807) is 0 Å². The molecule has 1 aromatic rings. The molecule has 2 heteroatoms. The molecule has 0 aliphatic heterocycles. The highest BCUT2D eigenvalue weighted by molar-refractivity contribution is 7.09. The van der Waals surface area contributed by atoms with Gasteiger partial charge < -0.3 is 5.32 Å². The van der Waals surface area contributed by atoms with Crippen LogP contribution in [0.25, 0.3) is 0 Å². The van der Waals surface area contributed by atoms with E-state index >= 15 is 0 Å². The van der Waals surface area contributed by atoms with Crippen LogP contribution in [0.1, 0.15) is 37.5 Å². The second-order valence-electron chi connectivity index (χ2n) is 4.24. The zero-order valence-corrected chi connectivity index (χ0v) is 9.70. The van der Waals surface area contributed by atoms with Gasteiger partial charge in [0.25, 0.3) is 0 Å². The highest BCUT2D eigenvalue weighted by Crippen LogP contribution is 2.34. The van der Waals surface area contributed by atoms with Crippen LogP contribution in [0.15, 0.2) is 17.5 Å². The third-order valence-electron chi connectivity index (χ3n) is 3.44. The van der Waals surface area contributed by atoms with Gasteiger partial charge in [0.2, 0.25) is 0 Å². The Labute approximate surface area is 90.5 Å². The SMILES string of the molecule is CCC1(NCCc2cccs2)CCC1. The third kappa shape index (κ3) is 2.18. The van der Waals surface area contributed by atoms with Crippen molar-refractivity contribution in [3.63, 3.8) is 0 Å². The average molecular weight is 209 g/mol. The number of hydrogen-bond acceptors (Lipinski definition) is 2. The molecule has 1 aliphatic carbocycles. The molecule has 0 bridgehead atoms. The lowest BCUT2D eigenvalue weighted by Gasteiger charge is -2.42. The van der Waals surface area contributed by atoms with E-state index in [0.717, 1.165) is 6.54 Å². The van der Waals surface area contributed by atoms with Gasteiger partial charge in [0.05, 0.1) is 0 Å². The Hall–Kier alpha value is -0.340. The zero-order valence-electron chi connectivity index (χ0n) is 8.88. The normalized spacial score (nSPS) is 19.2. The molecule has 1 nitrogen and oxygen atoms in total. The molecule has 14 heavy (non-hydrogen) atoms. The fourth-order valence-electron chi connectivity index (χ4n) is 2.16. The number of thiophene rings is 1. The lowest BCUT2D eigenvalue weighted by molar-refractivity contribution is 0.179. The van der Waals surface area contributed by atoms with Crippen molar-refractivity contribution < 1.29 is 0 Å². The van der Waals surface area contributed by atoms with Gasteiger partial charge in [0.1, 0.15) is 0 Å². The van der Waals surface area contributed by atoms with Crippen molar-refractivity contribution in [2.45, 2.75) is 44.6 Å². The first kappa shape index (κ1) is 10.2. The van der Waals surface area contributed by atoms with Gasteiger partial charge >= 0.3 is 0 Å². The molecule has 0 saturated heterocycles. The predicted molar refractivity (Wildman–Crippen MR) is 62.9 cm³/mol. The number of nitrogens with one attached hydrogen (secondary N) is 1. The van der Waals surface area contributed by atoms with E-state index in [1.165, 1.54) is 37.0 Å². The summed E-state index contributed by atoms with van der Waals surface area (Å²) in [5.41, 5.74) is 0.511. The summed E-state index contributed by atoms with van der Waals surface area (Å²) in [5.74, 6) is 0. The van der Waals surface area contributed by atoms with E-state index in [1.807, 2.05) is 11.3 Å². The van der Waals surface area contributed by atoms with E-state index < -0.39 is 0 Å². The minimum absolute atomic E-state index is 0.511. The van der Waals surface area contributed by atoms with E-state index in [-0.39, 0.29) is 0 Å². The Balaban J connectivity index is 1.72. The molecule has 0 unspecified atom stereocenters. The van der Waals surface area contributed by atoms with Crippen molar-refractivity contribution >= 4 is 11.3 Å². The van der Waals surface area contributed by atoms with Gasteiger partial charge in [0.15, 0.2) is 0 Å². The maximum atomic E-state index is 3.73. The molecule has 0 aromatic carbocycles. The van der Waals surface area contributed by atoms with Crippen LogP contribution in [0.3, 0.4) is 0 Å². The van der Waals surface area contributed by atoms with Gasteiger partial charge in [-0.05, 0) is 43.6 Å². The molecular weight excluding hydrogens is 190 g/mol. The average Bonchev–Trinajstić information content (AvgIpc) is 2.62. The first-order valence-corrected chi connectivity index (χ1v) is 6.50. The van der Waals surface area contributed by atoms with Crippen molar-refractivity contribution in [1.82, 2.24) is 5.32 Å². The zero-order chi connectivity index (χ0) is 9.86. The van der Waals surface area contributed by atoms with Crippen LogP contribution in [0.2, 0.25) is 0 Å². The monoisotopic (exact) mass is 209 g/mol.